The van der Waals surface area contributed by atoms with Crippen LogP contribution in [0.25, 0.3) is 33.6 Å². The van der Waals surface area contributed by atoms with Gasteiger partial charge in [0.25, 0.3) is 17.9 Å². The lowest BCUT2D eigenvalue weighted by molar-refractivity contribution is 0.0723. The second-order valence-corrected chi connectivity index (χ2v) is 11.6. The Balaban J connectivity index is 1.76. The van der Waals surface area contributed by atoms with Crippen molar-refractivity contribution in [2.45, 2.75) is 52.9 Å². The van der Waals surface area contributed by atoms with E-state index in [9.17, 15) is 18.4 Å². The van der Waals surface area contributed by atoms with Gasteiger partial charge in [-0.25, -0.2) is 13.8 Å². The molecule has 224 valence electrons. The standard InChI is InChI=1S/C33H34F2N4O3S/c1-5-26-29(16-23(42-4)18-36-26)39-28(15-20(2)3)24(32(40)38-13-7-6-8-14-38)17-25(33(39)41)31-37-27(19-43-31)21-9-11-22(12-10-21)30(34)35/h9-12,15-19,30H,5-8,13-14H2,1-4H3. The molecule has 4 aromatic rings. The Kier molecular flexibility index (Phi) is 9.15. The molecule has 0 radical (unpaired) electrons. The van der Waals surface area contributed by atoms with Gasteiger partial charge in [0.2, 0.25) is 0 Å². The number of carbonyl (C=O) groups excluding carboxylic acids is 1. The third kappa shape index (κ3) is 6.29. The normalized spacial score (nSPS) is 13.3. The number of allylic oxidation sites excluding steroid dienone is 1. The number of pyridine rings is 2. The average Bonchev–Trinajstić information content (AvgIpc) is 3.51. The highest BCUT2D eigenvalue weighted by Gasteiger charge is 2.27. The number of likely N-dealkylation sites (tertiary alicyclic amines) is 1. The number of hydrogen-bond donors (Lipinski definition) is 0. The van der Waals surface area contributed by atoms with Gasteiger partial charge in [0, 0.05) is 35.7 Å². The zero-order valence-electron chi connectivity index (χ0n) is 24.7. The Bertz CT molecular complexity index is 1720. The van der Waals surface area contributed by atoms with Crippen LogP contribution in [0.15, 0.2) is 58.3 Å². The van der Waals surface area contributed by atoms with Crippen molar-refractivity contribution in [3.8, 4) is 33.3 Å². The van der Waals surface area contributed by atoms with Crippen molar-refractivity contribution < 1.29 is 18.3 Å². The molecular weight excluding hydrogens is 570 g/mol. The van der Waals surface area contributed by atoms with Gasteiger partial charge in [-0.1, -0.05) is 36.8 Å². The van der Waals surface area contributed by atoms with Crippen molar-refractivity contribution in [2.75, 3.05) is 20.2 Å². The maximum absolute atomic E-state index is 14.5. The molecule has 1 saturated heterocycles. The van der Waals surface area contributed by atoms with Crippen LogP contribution in [0.4, 0.5) is 8.78 Å². The van der Waals surface area contributed by atoms with Crippen LogP contribution in [-0.4, -0.2) is 45.5 Å². The Morgan fingerprint density at radius 3 is 2.47 bits per heavy atom. The number of hydrogen-bond acceptors (Lipinski definition) is 6. The topological polar surface area (TPSA) is 77.3 Å². The van der Waals surface area contributed by atoms with E-state index in [1.165, 1.54) is 23.5 Å². The Morgan fingerprint density at radius 1 is 1.12 bits per heavy atom. The fraction of sp³-hybridized carbons (Fsp3) is 0.333. The molecule has 1 aromatic carbocycles. The number of amides is 1. The summed E-state index contributed by atoms with van der Waals surface area (Å²) in [5.41, 5.74) is 4.09. The summed E-state index contributed by atoms with van der Waals surface area (Å²) in [4.78, 5) is 39.8. The summed E-state index contributed by atoms with van der Waals surface area (Å²) in [5.74, 6) is 0.343. The number of aromatic nitrogens is 3. The molecule has 43 heavy (non-hydrogen) atoms. The van der Waals surface area contributed by atoms with Gasteiger partial charge in [-0.15, -0.1) is 11.3 Å². The van der Waals surface area contributed by atoms with Crippen molar-refractivity contribution in [3.05, 3.63) is 86.4 Å². The average molecular weight is 605 g/mol. The van der Waals surface area contributed by atoms with Crippen molar-refractivity contribution in [2.24, 2.45) is 0 Å². The van der Waals surface area contributed by atoms with E-state index in [0.717, 1.165) is 24.8 Å². The molecule has 7 nitrogen and oxygen atoms in total. The van der Waals surface area contributed by atoms with Crippen molar-refractivity contribution in [1.29, 1.82) is 0 Å². The number of thiazole rings is 1. The third-order valence-electron chi connectivity index (χ3n) is 7.46. The quantitative estimate of drug-likeness (QED) is 0.207. The molecule has 1 aliphatic heterocycles. The number of benzene rings is 1. The first-order valence-corrected chi connectivity index (χ1v) is 15.2. The van der Waals surface area contributed by atoms with E-state index in [1.54, 1.807) is 47.5 Å². The summed E-state index contributed by atoms with van der Waals surface area (Å²) in [6, 6.07) is 9.36. The van der Waals surface area contributed by atoms with Crippen LogP contribution in [0.5, 0.6) is 5.75 Å². The summed E-state index contributed by atoms with van der Waals surface area (Å²) < 4.78 is 33.2. The van der Waals surface area contributed by atoms with Crippen molar-refractivity contribution in [1.82, 2.24) is 19.4 Å². The van der Waals surface area contributed by atoms with E-state index in [0.29, 0.717) is 64.2 Å². The van der Waals surface area contributed by atoms with Gasteiger partial charge in [-0.05, 0) is 51.7 Å². The lowest BCUT2D eigenvalue weighted by atomic mass is 10.0. The summed E-state index contributed by atoms with van der Waals surface area (Å²) in [6.07, 6.45) is 4.39. The number of halogens is 2. The van der Waals surface area contributed by atoms with Crippen LogP contribution < -0.4 is 10.3 Å². The zero-order valence-corrected chi connectivity index (χ0v) is 25.5. The monoisotopic (exact) mass is 604 g/mol. The Labute approximate surface area is 253 Å². The van der Waals surface area contributed by atoms with Gasteiger partial charge in [0.15, 0.2) is 0 Å². The minimum Gasteiger partial charge on any atom is -0.495 e. The predicted octanol–water partition coefficient (Wildman–Crippen LogP) is 7.58. The second-order valence-electron chi connectivity index (χ2n) is 10.7. The van der Waals surface area contributed by atoms with Crippen LogP contribution in [0.1, 0.15) is 73.8 Å². The fourth-order valence-electron chi connectivity index (χ4n) is 5.25. The zero-order chi connectivity index (χ0) is 30.7. The second kappa shape index (κ2) is 13.0. The van der Waals surface area contributed by atoms with Crippen LogP contribution >= 0.6 is 11.3 Å². The van der Waals surface area contributed by atoms with Crippen LogP contribution in [0.3, 0.4) is 0 Å². The number of piperidine rings is 1. The van der Waals surface area contributed by atoms with Crippen molar-refractivity contribution in [3.63, 3.8) is 0 Å². The number of carbonyl (C=O) groups is 1. The molecule has 0 unspecified atom stereocenters. The van der Waals surface area contributed by atoms with Gasteiger partial charge < -0.3 is 9.64 Å². The summed E-state index contributed by atoms with van der Waals surface area (Å²) in [7, 11) is 1.54. The maximum atomic E-state index is 14.5. The van der Waals surface area contributed by atoms with Crippen LogP contribution in [-0.2, 0) is 6.42 Å². The molecule has 1 amide bonds. The molecule has 1 fully saturated rings. The lowest BCUT2D eigenvalue weighted by Gasteiger charge is -2.28. The largest absolute Gasteiger partial charge is 0.495 e. The first-order valence-electron chi connectivity index (χ1n) is 14.3. The van der Waals surface area contributed by atoms with E-state index in [-0.39, 0.29) is 22.6 Å². The minimum absolute atomic E-state index is 0.0727. The SMILES string of the molecule is CCc1ncc(OC)cc1-n1c(C=C(C)C)c(C(=O)N2CCCCC2)cc(-c2nc(-c3ccc(C(F)F)cc3)cs2)c1=O. The van der Waals surface area contributed by atoms with Gasteiger partial charge in [-0.3, -0.25) is 19.1 Å². The van der Waals surface area contributed by atoms with Crippen LogP contribution in [0, 0.1) is 0 Å². The van der Waals surface area contributed by atoms with E-state index >= 15 is 0 Å². The molecule has 10 heteroatoms. The first-order chi connectivity index (χ1) is 20.7. The number of aryl methyl sites for hydroxylation is 1. The minimum atomic E-state index is -2.56. The van der Waals surface area contributed by atoms with Gasteiger partial charge in [0.1, 0.15) is 10.8 Å². The number of ether oxygens (including phenoxy) is 1. The summed E-state index contributed by atoms with van der Waals surface area (Å²) in [6.45, 7) is 7.11. The Morgan fingerprint density at radius 2 is 1.84 bits per heavy atom. The molecule has 0 bridgehead atoms. The third-order valence-corrected chi connectivity index (χ3v) is 8.34. The highest BCUT2D eigenvalue weighted by molar-refractivity contribution is 7.13. The molecule has 0 N–H and O–H groups in total. The van der Waals surface area contributed by atoms with E-state index in [1.807, 2.05) is 31.7 Å². The molecular formula is C33H34F2N4O3S. The molecule has 0 atom stereocenters. The molecule has 4 heterocycles. The summed E-state index contributed by atoms with van der Waals surface area (Å²) >= 11 is 1.27. The molecule has 0 spiro atoms. The molecule has 1 aliphatic rings. The number of alkyl halides is 2. The van der Waals surface area contributed by atoms with Crippen molar-refractivity contribution >= 4 is 23.3 Å². The molecule has 3 aromatic heterocycles. The van der Waals surface area contributed by atoms with Crippen LogP contribution in [0.2, 0.25) is 0 Å². The van der Waals surface area contributed by atoms with E-state index in [4.69, 9.17) is 9.72 Å². The molecule has 0 aliphatic carbocycles. The lowest BCUT2D eigenvalue weighted by Crippen LogP contribution is -2.37. The predicted molar refractivity (Wildman–Crippen MR) is 166 cm³/mol. The van der Waals surface area contributed by atoms with Gasteiger partial charge in [0.05, 0.1) is 47.2 Å². The molecule has 5 rings (SSSR count). The first kappa shape index (κ1) is 30.3. The highest BCUT2D eigenvalue weighted by Crippen LogP contribution is 2.32. The van der Waals surface area contributed by atoms with Gasteiger partial charge >= 0.3 is 0 Å². The van der Waals surface area contributed by atoms with E-state index < -0.39 is 6.43 Å². The fourth-order valence-corrected chi connectivity index (χ4v) is 6.08. The molecule has 0 saturated carbocycles. The maximum Gasteiger partial charge on any atom is 0.265 e. The van der Waals surface area contributed by atoms with E-state index in [2.05, 4.69) is 4.98 Å². The smallest absolute Gasteiger partial charge is 0.265 e. The Hall–Kier alpha value is -4.18. The highest BCUT2D eigenvalue weighted by atomic mass is 32.1. The number of rotatable bonds is 8. The number of methoxy groups -OCH3 is 1. The van der Waals surface area contributed by atoms with Gasteiger partial charge in [-0.2, -0.15) is 0 Å². The summed E-state index contributed by atoms with van der Waals surface area (Å²) in [5, 5.41) is 2.22. The number of nitrogens with zero attached hydrogens (tertiary/aromatic N) is 4.